The Labute approximate surface area is 175 Å². The number of aliphatic hydroxyl groups is 1. The average molecular weight is 416 g/mol. The van der Waals surface area contributed by atoms with Gasteiger partial charge in [0.05, 0.1) is 17.8 Å². The molecular formula is C21H26ClN5O2. The fourth-order valence-electron chi connectivity index (χ4n) is 4.28. The lowest BCUT2D eigenvalue weighted by atomic mass is 10.0. The van der Waals surface area contributed by atoms with E-state index in [9.17, 15) is 9.90 Å². The molecule has 3 atom stereocenters. The molecule has 2 aromatic rings. The Morgan fingerprint density at radius 3 is 2.79 bits per heavy atom. The monoisotopic (exact) mass is 415 g/mol. The quantitative estimate of drug-likeness (QED) is 0.789. The van der Waals surface area contributed by atoms with E-state index in [1.807, 2.05) is 29.2 Å². The first-order valence-electron chi connectivity index (χ1n) is 10.0. The molecule has 1 amide bonds. The van der Waals surface area contributed by atoms with Crippen LogP contribution in [0.15, 0.2) is 30.6 Å². The first-order valence-corrected chi connectivity index (χ1v) is 10.4. The summed E-state index contributed by atoms with van der Waals surface area (Å²) in [4.78, 5) is 25.7. The predicted octanol–water partition coefficient (Wildman–Crippen LogP) is 1.72. The van der Waals surface area contributed by atoms with Crippen molar-refractivity contribution in [3.63, 3.8) is 0 Å². The summed E-state index contributed by atoms with van der Waals surface area (Å²) in [6, 6.07) is 6.96. The number of rotatable bonds is 4. The number of hydrogen-bond donors (Lipinski definition) is 2. The number of aromatic nitrogens is 2. The first-order chi connectivity index (χ1) is 13.9. The van der Waals surface area contributed by atoms with E-state index in [0.717, 1.165) is 29.1 Å². The summed E-state index contributed by atoms with van der Waals surface area (Å²) in [5.74, 6) is 0.853. The third-order valence-electron chi connectivity index (χ3n) is 5.84. The SMILES string of the molecule is C[C@H]1CN(C(=O)C(N)Cc2ccc(Cl)cc2)CCN1c1ncnc2c1CCC2O. The number of nitrogens with zero attached hydrogens (tertiary/aromatic N) is 4. The summed E-state index contributed by atoms with van der Waals surface area (Å²) in [5.41, 5.74) is 8.98. The van der Waals surface area contributed by atoms with Crippen LogP contribution < -0.4 is 10.6 Å². The second-order valence-electron chi connectivity index (χ2n) is 7.88. The minimum Gasteiger partial charge on any atom is -0.387 e. The van der Waals surface area contributed by atoms with Crippen molar-refractivity contribution in [1.82, 2.24) is 14.9 Å². The third kappa shape index (κ3) is 4.08. The molecule has 1 aliphatic carbocycles. The molecule has 154 valence electrons. The van der Waals surface area contributed by atoms with Gasteiger partial charge in [-0.25, -0.2) is 9.97 Å². The maximum Gasteiger partial charge on any atom is 0.239 e. The fraction of sp³-hybridized carbons (Fsp3) is 0.476. The summed E-state index contributed by atoms with van der Waals surface area (Å²) in [7, 11) is 0. The van der Waals surface area contributed by atoms with Crippen molar-refractivity contribution in [2.75, 3.05) is 24.5 Å². The second-order valence-corrected chi connectivity index (χ2v) is 8.32. The highest BCUT2D eigenvalue weighted by molar-refractivity contribution is 6.30. The number of fused-ring (bicyclic) bond motifs is 1. The van der Waals surface area contributed by atoms with Crippen LogP contribution in [0.25, 0.3) is 0 Å². The molecule has 1 aromatic carbocycles. The van der Waals surface area contributed by atoms with Gasteiger partial charge in [0.1, 0.15) is 12.1 Å². The van der Waals surface area contributed by atoms with Crippen molar-refractivity contribution in [2.24, 2.45) is 5.73 Å². The van der Waals surface area contributed by atoms with E-state index in [2.05, 4.69) is 21.8 Å². The van der Waals surface area contributed by atoms with Crippen LogP contribution in [0, 0.1) is 0 Å². The molecule has 1 aromatic heterocycles. The Morgan fingerprint density at radius 2 is 2.07 bits per heavy atom. The van der Waals surface area contributed by atoms with Gasteiger partial charge >= 0.3 is 0 Å². The summed E-state index contributed by atoms with van der Waals surface area (Å²) in [6.07, 6.45) is 2.98. The minimum atomic E-state index is -0.576. The summed E-state index contributed by atoms with van der Waals surface area (Å²) in [6.45, 7) is 3.96. The molecule has 0 saturated carbocycles. The van der Waals surface area contributed by atoms with Crippen LogP contribution in [0.5, 0.6) is 0 Å². The molecule has 2 aliphatic rings. The molecule has 2 heterocycles. The Hall–Kier alpha value is -2.22. The predicted molar refractivity (Wildman–Crippen MR) is 112 cm³/mol. The number of piperazine rings is 1. The van der Waals surface area contributed by atoms with Gasteiger partial charge < -0.3 is 20.6 Å². The number of anilines is 1. The van der Waals surface area contributed by atoms with Crippen molar-refractivity contribution in [2.45, 2.75) is 44.4 Å². The van der Waals surface area contributed by atoms with Gasteiger partial charge in [0.25, 0.3) is 0 Å². The van der Waals surface area contributed by atoms with E-state index in [0.29, 0.717) is 37.5 Å². The lowest BCUT2D eigenvalue weighted by molar-refractivity contribution is -0.133. The van der Waals surface area contributed by atoms with E-state index >= 15 is 0 Å². The number of halogens is 1. The number of amides is 1. The van der Waals surface area contributed by atoms with Gasteiger partial charge in [-0.05, 0) is 43.9 Å². The van der Waals surface area contributed by atoms with Crippen LogP contribution in [0.2, 0.25) is 5.02 Å². The van der Waals surface area contributed by atoms with Gasteiger partial charge in [-0.2, -0.15) is 0 Å². The highest BCUT2D eigenvalue weighted by Gasteiger charge is 2.33. The largest absolute Gasteiger partial charge is 0.387 e. The standard InChI is InChI=1S/C21H26ClN5O2/c1-13-11-26(21(29)17(23)10-14-2-4-15(22)5-3-14)8-9-27(13)20-16-6-7-18(28)19(16)24-12-25-20/h2-5,12-13,17-18,28H,6-11,23H2,1H3/t13-,17?,18?/m0/s1. The first kappa shape index (κ1) is 20.1. The minimum absolute atomic E-state index is 0.0326. The Balaban J connectivity index is 1.41. The van der Waals surface area contributed by atoms with Crippen molar-refractivity contribution < 1.29 is 9.90 Å². The van der Waals surface area contributed by atoms with E-state index < -0.39 is 12.1 Å². The lowest BCUT2D eigenvalue weighted by Gasteiger charge is -2.41. The lowest BCUT2D eigenvalue weighted by Crippen LogP contribution is -2.57. The van der Waals surface area contributed by atoms with Crippen LogP contribution in [-0.4, -0.2) is 57.6 Å². The number of hydrogen-bond acceptors (Lipinski definition) is 6. The second kappa shape index (κ2) is 8.26. The molecule has 1 aliphatic heterocycles. The topological polar surface area (TPSA) is 95.6 Å². The molecular weight excluding hydrogens is 390 g/mol. The number of aliphatic hydroxyl groups excluding tert-OH is 1. The molecule has 0 bridgehead atoms. The zero-order valence-electron chi connectivity index (χ0n) is 16.5. The maximum atomic E-state index is 12.9. The van der Waals surface area contributed by atoms with Crippen LogP contribution in [0.4, 0.5) is 5.82 Å². The zero-order valence-corrected chi connectivity index (χ0v) is 17.2. The van der Waals surface area contributed by atoms with Crippen LogP contribution in [-0.2, 0) is 17.6 Å². The molecule has 7 nitrogen and oxygen atoms in total. The molecule has 8 heteroatoms. The highest BCUT2D eigenvalue weighted by Crippen LogP contribution is 2.35. The number of carbonyl (C=O) groups excluding carboxylic acids is 1. The van der Waals surface area contributed by atoms with Crippen molar-refractivity contribution in [1.29, 1.82) is 0 Å². The van der Waals surface area contributed by atoms with Gasteiger partial charge in [0.15, 0.2) is 0 Å². The van der Waals surface area contributed by atoms with E-state index in [1.165, 1.54) is 6.33 Å². The van der Waals surface area contributed by atoms with Gasteiger partial charge in [-0.3, -0.25) is 4.79 Å². The number of nitrogens with two attached hydrogens (primary N) is 1. The van der Waals surface area contributed by atoms with Crippen LogP contribution in [0.3, 0.4) is 0 Å². The molecule has 3 N–H and O–H groups in total. The Bertz CT molecular complexity index is 891. The van der Waals surface area contributed by atoms with Gasteiger partial charge in [-0.15, -0.1) is 0 Å². The molecule has 0 spiro atoms. The maximum absolute atomic E-state index is 12.9. The summed E-state index contributed by atoms with van der Waals surface area (Å²) < 4.78 is 0. The fourth-order valence-corrected chi connectivity index (χ4v) is 4.40. The normalized spacial score (nSPS) is 22.5. The Morgan fingerprint density at radius 1 is 1.31 bits per heavy atom. The summed E-state index contributed by atoms with van der Waals surface area (Å²) >= 11 is 5.92. The van der Waals surface area contributed by atoms with E-state index in [4.69, 9.17) is 17.3 Å². The molecule has 4 rings (SSSR count). The average Bonchev–Trinajstić information content (AvgIpc) is 3.10. The Kier molecular flexibility index (Phi) is 5.72. The van der Waals surface area contributed by atoms with Crippen molar-refractivity contribution >= 4 is 23.3 Å². The van der Waals surface area contributed by atoms with Crippen molar-refractivity contribution in [3.8, 4) is 0 Å². The number of benzene rings is 1. The zero-order chi connectivity index (χ0) is 20.5. The van der Waals surface area contributed by atoms with E-state index in [1.54, 1.807) is 0 Å². The highest BCUT2D eigenvalue weighted by atomic mass is 35.5. The molecule has 0 radical (unpaired) electrons. The van der Waals surface area contributed by atoms with Crippen molar-refractivity contribution in [3.05, 3.63) is 52.4 Å². The van der Waals surface area contributed by atoms with Gasteiger partial charge in [0.2, 0.25) is 5.91 Å². The van der Waals surface area contributed by atoms with E-state index in [-0.39, 0.29) is 11.9 Å². The summed E-state index contributed by atoms with van der Waals surface area (Å²) in [5, 5.41) is 10.8. The smallest absolute Gasteiger partial charge is 0.239 e. The van der Waals surface area contributed by atoms with Gasteiger partial charge in [0, 0.05) is 36.3 Å². The number of carbonyl (C=O) groups is 1. The van der Waals surface area contributed by atoms with Crippen LogP contribution in [0.1, 0.15) is 36.3 Å². The molecule has 29 heavy (non-hydrogen) atoms. The molecule has 2 unspecified atom stereocenters. The van der Waals surface area contributed by atoms with Gasteiger partial charge in [-0.1, -0.05) is 23.7 Å². The molecule has 1 fully saturated rings. The third-order valence-corrected chi connectivity index (χ3v) is 6.09. The van der Waals surface area contributed by atoms with Crippen LogP contribution >= 0.6 is 11.6 Å². The molecule has 1 saturated heterocycles.